The largest absolute Gasteiger partial charge is 0.491 e. The van der Waals surface area contributed by atoms with Crippen molar-refractivity contribution in [3.8, 4) is 11.5 Å². The minimum absolute atomic E-state index is 0.143. The van der Waals surface area contributed by atoms with Crippen molar-refractivity contribution in [2.75, 3.05) is 0 Å². The standard InChI is InChI=1S/C10H11O3/c1-8(2)13-10-5-3-9(4-6-10)12-7-11/h3-6,8H,1-2H3. The molecule has 0 saturated heterocycles. The Morgan fingerprint density at radius 2 is 1.69 bits per heavy atom. The Kier molecular flexibility index (Phi) is 3.31. The first kappa shape index (κ1) is 9.58. The SMILES string of the molecule is CC(C)Oc1ccc(O[C]=O)cc1. The predicted molar refractivity (Wildman–Crippen MR) is 48.5 cm³/mol. The van der Waals surface area contributed by atoms with Crippen molar-refractivity contribution < 1.29 is 14.3 Å². The van der Waals surface area contributed by atoms with Crippen LogP contribution in [0.3, 0.4) is 0 Å². The molecule has 13 heavy (non-hydrogen) atoms. The van der Waals surface area contributed by atoms with Gasteiger partial charge in [0.25, 0.3) is 0 Å². The van der Waals surface area contributed by atoms with Crippen LogP contribution >= 0.6 is 0 Å². The summed E-state index contributed by atoms with van der Waals surface area (Å²) in [7, 11) is 0. The van der Waals surface area contributed by atoms with Crippen molar-refractivity contribution >= 4 is 6.47 Å². The van der Waals surface area contributed by atoms with Gasteiger partial charge in [0, 0.05) is 0 Å². The van der Waals surface area contributed by atoms with Gasteiger partial charge >= 0.3 is 6.47 Å². The van der Waals surface area contributed by atoms with Crippen LogP contribution in [0.5, 0.6) is 11.5 Å². The first-order valence-electron chi connectivity index (χ1n) is 4.03. The van der Waals surface area contributed by atoms with Crippen LogP contribution in [0.15, 0.2) is 24.3 Å². The monoisotopic (exact) mass is 179 g/mol. The lowest BCUT2D eigenvalue weighted by atomic mass is 10.3. The molecule has 0 atom stereocenters. The minimum Gasteiger partial charge on any atom is -0.491 e. The van der Waals surface area contributed by atoms with Crippen LogP contribution in [0.1, 0.15) is 13.8 Å². The maximum atomic E-state index is 9.86. The van der Waals surface area contributed by atoms with E-state index in [2.05, 4.69) is 4.74 Å². The normalized spacial score (nSPS) is 9.77. The van der Waals surface area contributed by atoms with Crippen molar-refractivity contribution in [1.82, 2.24) is 0 Å². The van der Waals surface area contributed by atoms with E-state index in [9.17, 15) is 4.79 Å². The zero-order chi connectivity index (χ0) is 9.68. The van der Waals surface area contributed by atoms with Gasteiger partial charge in [-0.2, -0.15) is 0 Å². The second-order valence-electron chi connectivity index (χ2n) is 2.82. The molecule has 0 saturated carbocycles. The molecule has 69 valence electrons. The van der Waals surface area contributed by atoms with Crippen LogP contribution in [-0.2, 0) is 4.79 Å². The van der Waals surface area contributed by atoms with E-state index in [1.165, 1.54) is 6.47 Å². The van der Waals surface area contributed by atoms with Gasteiger partial charge in [0.1, 0.15) is 11.5 Å². The Hall–Kier alpha value is -1.51. The van der Waals surface area contributed by atoms with E-state index in [-0.39, 0.29) is 6.10 Å². The van der Waals surface area contributed by atoms with E-state index in [0.717, 1.165) is 5.75 Å². The second-order valence-corrected chi connectivity index (χ2v) is 2.82. The van der Waals surface area contributed by atoms with Gasteiger partial charge in [-0.25, -0.2) is 4.79 Å². The Bertz CT molecular complexity index is 264. The van der Waals surface area contributed by atoms with Crippen LogP contribution in [-0.4, -0.2) is 12.6 Å². The lowest BCUT2D eigenvalue weighted by Gasteiger charge is -2.09. The first-order valence-corrected chi connectivity index (χ1v) is 4.03. The van der Waals surface area contributed by atoms with E-state index in [1.54, 1.807) is 24.3 Å². The molecule has 0 aliphatic rings. The van der Waals surface area contributed by atoms with Gasteiger partial charge < -0.3 is 9.47 Å². The van der Waals surface area contributed by atoms with E-state index in [0.29, 0.717) is 5.75 Å². The summed E-state index contributed by atoms with van der Waals surface area (Å²) in [5.41, 5.74) is 0. The molecule has 1 aromatic carbocycles. The molecule has 0 bridgehead atoms. The molecule has 0 N–H and O–H groups in total. The zero-order valence-corrected chi connectivity index (χ0v) is 7.61. The van der Waals surface area contributed by atoms with Crippen molar-refractivity contribution in [2.45, 2.75) is 20.0 Å². The summed E-state index contributed by atoms with van der Waals surface area (Å²) >= 11 is 0. The van der Waals surface area contributed by atoms with Crippen LogP contribution < -0.4 is 9.47 Å². The third-order valence-corrected chi connectivity index (χ3v) is 1.36. The summed E-state index contributed by atoms with van der Waals surface area (Å²) in [4.78, 5) is 9.86. The molecule has 0 heterocycles. The summed E-state index contributed by atoms with van der Waals surface area (Å²) in [6, 6.07) is 6.80. The highest BCUT2D eigenvalue weighted by atomic mass is 16.5. The van der Waals surface area contributed by atoms with Crippen molar-refractivity contribution in [2.24, 2.45) is 0 Å². The zero-order valence-electron chi connectivity index (χ0n) is 7.61. The number of rotatable bonds is 4. The number of carbonyl (C=O) groups excluding carboxylic acids is 1. The third kappa shape index (κ3) is 3.15. The number of ether oxygens (including phenoxy) is 2. The Morgan fingerprint density at radius 3 is 2.15 bits per heavy atom. The van der Waals surface area contributed by atoms with Gasteiger partial charge in [-0.15, -0.1) is 0 Å². The van der Waals surface area contributed by atoms with Gasteiger partial charge in [-0.05, 0) is 38.1 Å². The van der Waals surface area contributed by atoms with Crippen LogP contribution in [0.25, 0.3) is 0 Å². The Morgan fingerprint density at radius 1 is 1.15 bits per heavy atom. The third-order valence-electron chi connectivity index (χ3n) is 1.36. The highest BCUT2D eigenvalue weighted by Gasteiger charge is 1.97. The molecule has 0 spiro atoms. The lowest BCUT2D eigenvalue weighted by Crippen LogP contribution is -2.05. The highest BCUT2D eigenvalue weighted by Crippen LogP contribution is 2.17. The first-order chi connectivity index (χ1) is 6.22. The molecule has 0 aliphatic carbocycles. The predicted octanol–water partition coefficient (Wildman–Crippen LogP) is 1.92. The fourth-order valence-electron chi connectivity index (χ4n) is 0.907. The van der Waals surface area contributed by atoms with Crippen LogP contribution in [0.4, 0.5) is 0 Å². The fourth-order valence-corrected chi connectivity index (χ4v) is 0.907. The molecule has 3 nitrogen and oxygen atoms in total. The maximum Gasteiger partial charge on any atom is 0.423 e. The summed E-state index contributed by atoms with van der Waals surface area (Å²) in [6.07, 6.45) is 0.143. The quantitative estimate of drug-likeness (QED) is 0.708. The van der Waals surface area contributed by atoms with Gasteiger partial charge in [0.15, 0.2) is 0 Å². The molecule has 1 aromatic rings. The molecule has 1 rings (SSSR count). The van der Waals surface area contributed by atoms with Gasteiger partial charge in [0.05, 0.1) is 6.10 Å². The molecule has 0 aromatic heterocycles. The number of hydrogen-bond donors (Lipinski definition) is 0. The summed E-state index contributed by atoms with van der Waals surface area (Å²) in [5.74, 6) is 1.22. The van der Waals surface area contributed by atoms with Gasteiger partial charge in [-0.1, -0.05) is 0 Å². The van der Waals surface area contributed by atoms with Gasteiger partial charge in [0.2, 0.25) is 0 Å². The summed E-state index contributed by atoms with van der Waals surface area (Å²) in [6.45, 7) is 5.25. The molecule has 0 fully saturated rings. The smallest absolute Gasteiger partial charge is 0.423 e. The van der Waals surface area contributed by atoms with E-state index in [4.69, 9.17) is 4.74 Å². The molecular weight excluding hydrogens is 168 g/mol. The molecular formula is C10H11O3. The second kappa shape index (κ2) is 4.50. The van der Waals surface area contributed by atoms with E-state index in [1.807, 2.05) is 13.8 Å². The molecule has 0 unspecified atom stereocenters. The topological polar surface area (TPSA) is 35.5 Å². The van der Waals surface area contributed by atoms with Crippen LogP contribution in [0, 0.1) is 0 Å². The molecule has 1 radical (unpaired) electrons. The van der Waals surface area contributed by atoms with E-state index < -0.39 is 0 Å². The van der Waals surface area contributed by atoms with Gasteiger partial charge in [-0.3, -0.25) is 0 Å². The Balaban J connectivity index is 2.63. The molecule has 0 amide bonds. The van der Waals surface area contributed by atoms with Crippen molar-refractivity contribution in [3.63, 3.8) is 0 Å². The Labute approximate surface area is 77.3 Å². The number of benzene rings is 1. The van der Waals surface area contributed by atoms with Crippen molar-refractivity contribution in [1.29, 1.82) is 0 Å². The summed E-state index contributed by atoms with van der Waals surface area (Å²) in [5, 5.41) is 0. The highest BCUT2D eigenvalue weighted by molar-refractivity contribution is 5.46. The summed E-state index contributed by atoms with van der Waals surface area (Å²) < 4.78 is 9.90. The van der Waals surface area contributed by atoms with Crippen LogP contribution in [0.2, 0.25) is 0 Å². The van der Waals surface area contributed by atoms with E-state index >= 15 is 0 Å². The molecule has 3 heteroatoms. The lowest BCUT2D eigenvalue weighted by molar-refractivity contribution is 0.242. The minimum atomic E-state index is 0.143. The maximum absolute atomic E-state index is 9.86. The molecule has 0 aliphatic heterocycles. The van der Waals surface area contributed by atoms with Crippen molar-refractivity contribution in [3.05, 3.63) is 24.3 Å². The fraction of sp³-hybridized carbons (Fsp3) is 0.300. The number of hydrogen-bond acceptors (Lipinski definition) is 3. The average Bonchev–Trinajstić information content (AvgIpc) is 2.08. The average molecular weight is 179 g/mol.